The number of ether oxygens (including phenoxy) is 4. The van der Waals surface area contributed by atoms with E-state index in [4.69, 9.17) is 42.1 Å². The lowest BCUT2D eigenvalue weighted by atomic mass is 9.94. The Bertz CT molecular complexity index is 1910. The van der Waals surface area contributed by atoms with Crippen molar-refractivity contribution >= 4 is 46.6 Å². The summed E-state index contributed by atoms with van der Waals surface area (Å²) in [5, 5.41) is 1.04. The van der Waals surface area contributed by atoms with Crippen LogP contribution in [0.1, 0.15) is 36.6 Å². The van der Waals surface area contributed by atoms with Gasteiger partial charge in [-0.2, -0.15) is 0 Å². The van der Waals surface area contributed by atoms with E-state index in [-0.39, 0.29) is 24.3 Å². The lowest BCUT2D eigenvalue weighted by Crippen LogP contribution is -2.40. The van der Waals surface area contributed by atoms with Crippen molar-refractivity contribution in [2.24, 2.45) is 4.99 Å². The van der Waals surface area contributed by atoms with Crippen molar-refractivity contribution in [2.45, 2.75) is 26.5 Å². The largest absolute Gasteiger partial charge is 0.497 e. The number of nitrogens with zero attached hydrogens (tertiary/aromatic N) is 2. The van der Waals surface area contributed by atoms with Gasteiger partial charge in [-0.1, -0.05) is 58.8 Å². The third kappa shape index (κ3) is 6.20. The minimum Gasteiger partial charge on any atom is -0.497 e. The van der Waals surface area contributed by atoms with Crippen LogP contribution in [0.15, 0.2) is 81.7 Å². The fourth-order valence-electron chi connectivity index (χ4n) is 4.81. The molecule has 0 unspecified atom stereocenters. The second-order valence-corrected chi connectivity index (χ2v) is 11.3. The normalized spacial score (nSPS) is 14.7. The van der Waals surface area contributed by atoms with Crippen molar-refractivity contribution in [3.8, 4) is 17.2 Å². The molecule has 5 rings (SSSR count). The summed E-state index contributed by atoms with van der Waals surface area (Å²) in [5.41, 5.74) is 2.39. The summed E-state index contributed by atoms with van der Waals surface area (Å²) in [6.07, 6.45) is 1.76. The van der Waals surface area contributed by atoms with E-state index in [9.17, 15) is 9.59 Å². The molecule has 1 aliphatic heterocycles. The number of esters is 1. The smallest absolute Gasteiger partial charge is 0.338 e. The molecule has 2 heterocycles. The van der Waals surface area contributed by atoms with Gasteiger partial charge in [0.1, 0.15) is 29.9 Å². The van der Waals surface area contributed by atoms with E-state index in [1.807, 2.05) is 30.3 Å². The number of aromatic nitrogens is 1. The highest BCUT2D eigenvalue weighted by Gasteiger charge is 2.35. The molecule has 43 heavy (non-hydrogen) atoms. The molecule has 0 saturated carbocycles. The second kappa shape index (κ2) is 13.1. The molecule has 0 aliphatic carbocycles. The number of rotatable bonds is 9. The van der Waals surface area contributed by atoms with Crippen molar-refractivity contribution in [1.82, 2.24) is 4.57 Å². The number of benzene rings is 3. The van der Waals surface area contributed by atoms with Crippen LogP contribution < -0.4 is 29.1 Å². The van der Waals surface area contributed by atoms with Gasteiger partial charge >= 0.3 is 5.97 Å². The molecule has 4 aromatic rings. The first-order chi connectivity index (χ1) is 20.7. The van der Waals surface area contributed by atoms with Gasteiger partial charge in [0.05, 0.1) is 36.6 Å². The van der Waals surface area contributed by atoms with E-state index in [0.717, 1.165) is 5.56 Å². The van der Waals surface area contributed by atoms with Crippen LogP contribution in [0.5, 0.6) is 17.2 Å². The summed E-state index contributed by atoms with van der Waals surface area (Å²) < 4.78 is 24.6. The Morgan fingerprint density at radius 2 is 1.84 bits per heavy atom. The van der Waals surface area contributed by atoms with E-state index in [1.54, 1.807) is 57.4 Å². The van der Waals surface area contributed by atoms with Gasteiger partial charge in [-0.25, -0.2) is 9.79 Å². The van der Waals surface area contributed by atoms with Crippen molar-refractivity contribution in [3.05, 3.63) is 118 Å². The summed E-state index contributed by atoms with van der Waals surface area (Å²) >= 11 is 13.6. The van der Waals surface area contributed by atoms with Crippen LogP contribution in [-0.4, -0.2) is 31.4 Å². The number of carbonyl (C=O) groups excluding carboxylic acids is 1. The number of halogens is 2. The Hall–Kier alpha value is -4.05. The zero-order valence-electron chi connectivity index (χ0n) is 23.9. The zero-order chi connectivity index (χ0) is 30.7. The highest BCUT2D eigenvalue weighted by molar-refractivity contribution is 7.07. The summed E-state index contributed by atoms with van der Waals surface area (Å²) in [4.78, 5) is 32.5. The van der Waals surface area contributed by atoms with E-state index >= 15 is 0 Å². The highest BCUT2D eigenvalue weighted by Crippen LogP contribution is 2.38. The quantitative estimate of drug-likeness (QED) is 0.219. The number of hydrogen-bond donors (Lipinski definition) is 0. The Morgan fingerprint density at radius 3 is 2.56 bits per heavy atom. The molecule has 0 spiro atoms. The van der Waals surface area contributed by atoms with Crippen LogP contribution in [0.3, 0.4) is 0 Å². The molecular formula is C32H28Cl2N2O6S. The third-order valence-corrected chi connectivity index (χ3v) is 8.42. The van der Waals surface area contributed by atoms with Crippen molar-refractivity contribution in [3.63, 3.8) is 0 Å². The SMILES string of the molecule is CCOC(=O)C1=C(C)N=c2s/c(=C/c3ccccc3OCc3ccc(Cl)cc3Cl)c(=O)n2[C@@H]1c1cc(OC)ccc1OC. The van der Waals surface area contributed by atoms with Gasteiger partial charge in [0.25, 0.3) is 5.56 Å². The highest BCUT2D eigenvalue weighted by atomic mass is 35.5. The topological polar surface area (TPSA) is 88.4 Å². The maximum Gasteiger partial charge on any atom is 0.338 e. The molecule has 11 heteroatoms. The summed E-state index contributed by atoms with van der Waals surface area (Å²) in [5.74, 6) is 1.03. The predicted octanol–water partition coefficient (Wildman–Crippen LogP) is 5.70. The summed E-state index contributed by atoms with van der Waals surface area (Å²) in [7, 11) is 3.08. The molecule has 0 bridgehead atoms. The lowest BCUT2D eigenvalue weighted by molar-refractivity contribution is -0.139. The van der Waals surface area contributed by atoms with Crippen LogP contribution >= 0.6 is 34.5 Å². The average Bonchev–Trinajstić information content (AvgIpc) is 3.30. The first-order valence-electron chi connectivity index (χ1n) is 13.3. The number of allylic oxidation sites excluding steroid dienone is 1. The molecule has 0 amide bonds. The van der Waals surface area contributed by atoms with Crippen molar-refractivity contribution < 1.29 is 23.7 Å². The number of hydrogen-bond acceptors (Lipinski definition) is 8. The maximum atomic E-state index is 14.1. The van der Waals surface area contributed by atoms with Crippen LogP contribution in [0.2, 0.25) is 10.0 Å². The number of methoxy groups -OCH3 is 2. The van der Waals surface area contributed by atoms with Crippen LogP contribution in [-0.2, 0) is 16.1 Å². The van der Waals surface area contributed by atoms with Crippen LogP contribution in [0.4, 0.5) is 0 Å². The van der Waals surface area contributed by atoms with Gasteiger partial charge in [0.2, 0.25) is 0 Å². The number of carbonyl (C=O) groups is 1. The minimum absolute atomic E-state index is 0.167. The van der Waals surface area contributed by atoms with E-state index < -0.39 is 12.0 Å². The minimum atomic E-state index is -0.860. The number of para-hydroxylation sites is 1. The lowest BCUT2D eigenvalue weighted by Gasteiger charge is -2.26. The van der Waals surface area contributed by atoms with Gasteiger partial charge in [-0.05, 0) is 56.3 Å². The molecular weight excluding hydrogens is 611 g/mol. The zero-order valence-corrected chi connectivity index (χ0v) is 26.2. The van der Waals surface area contributed by atoms with Crippen LogP contribution in [0.25, 0.3) is 6.08 Å². The molecule has 1 aromatic heterocycles. The van der Waals surface area contributed by atoms with Gasteiger partial charge < -0.3 is 18.9 Å². The molecule has 1 aliphatic rings. The molecule has 222 valence electrons. The number of thiazole rings is 1. The molecule has 1 atom stereocenters. The Labute approximate surface area is 262 Å². The molecule has 8 nitrogen and oxygen atoms in total. The first kappa shape index (κ1) is 30.4. The molecule has 0 N–H and O–H groups in total. The van der Waals surface area contributed by atoms with Crippen molar-refractivity contribution in [1.29, 1.82) is 0 Å². The van der Waals surface area contributed by atoms with Gasteiger partial charge in [0, 0.05) is 26.7 Å². The number of fused-ring (bicyclic) bond motifs is 1. The molecule has 0 saturated heterocycles. The molecule has 0 fully saturated rings. The van der Waals surface area contributed by atoms with Gasteiger partial charge in [0.15, 0.2) is 4.80 Å². The van der Waals surface area contributed by atoms with Crippen molar-refractivity contribution in [2.75, 3.05) is 20.8 Å². The van der Waals surface area contributed by atoms with Gasteiger partial charge in [-0.15, -0.1) is 0 Å². The van der Waals surface area contributed by atoms with E-state index in [1.165, 1.54) is 23.0 Å². The molecule has 0 radical (unpaired) electrons. The van der Waals surface area contributed by atoms with Crippen LogP contribution in [0, 0.1) is 0 Å². The monoisotopic (exact) mass is 638 g/mol. The fraction of sp³-hybridized carbons (Fsp3) is 0.219. The van der Waals surface area contributed by atoms with E-state index in [2.05, 4.69) is 4.99 Å². The predicted molar refractivity (Wildman–Crippen MR) is 167 cm³/mol. The Morgan fingerprint density at radius 1 is 1.05 bits per heavy atom. The third-order valence-electron chi connectivity index (χ3n) is 6.85. The fourth-order valence-corrected chi connectivity index (χ4v) is 6.31. The molecule has 3 aromatic carbocycles. The summed E-state index contributed by atoms with van der Waals surface area (Å²) in [6, 6.07) is 17.0. The Kier molecular flexibility index (Phi) is 9.25. The van der Waals surface area contributed by atoms with E-state index in [0.29, 0.717) is 53.5 Å². The standard InChI is InChI=1S/C32H28Cl2N2O6S/c1-5-41-31(38)28-18(2)35-32-36(29(28)23-16-22(39-3)12-13-26(23)40-4)30(37)27(43-32)14-19-8-6-7-9-25(19)42-17-20-10-11-21(33)15-24(20)34/h6-16,29H,5,17H2,1-4H3/b27-14+/t29-/m1/s1. The van der Waals surface area contributed by atoms with Gasteiger partial charge in [-0.3, -0.25) is 9.36 Å². The maximum absolute atomic E-state index is 14.1. The Balaban J connectivity index is 1.64. The first-order valence-corrected chi connectivity index (χ1v) is 14.9. The summed E-state index contributed by atoms with van der Waals surface area (Å²) in [6.45, 7) is 3.83. The second-order valence-electron chi connectivity index (χ2n) is 9.47. The average molecular weight is 640 g/mol.